The number of pyridine rings is 1. The Morgan fingerprint density at radius 1 is 1.38 bits per heavy atom. The number of hydrogen-bond acceptors (Lipinski definition) is 5. The van der Waals surface area contributed by atoms with Crippen LogP contribution in [-0.4, -0.2) is 35.7 Å². The first-order valence-corrected chi connectivity index (χ1v) is 6.67. The molecular weight excluding hydrogens is 274 g/mol. The molecule has 0 fully saturated rings. The molecule has 1 atom stereocenters. The Kier molecular flexibility index (Phi) is 5.29. The van der Waals surface area contributed by atoms with Gasteiger partial charge in [-0.15, -0.1) is 0 Å². The number of aliphatic carboxylic acids is 1. The minimum absolute atomic E-state index is 0.0519. The van der Waals surface area contributed by atoms with Crippen molar-refractivity contribution >= 4 is 11.9 Å². The van der Waals surface area contributed by atoms with Crippen molar-refractivity contribution in [3.05, 3.63) is 23.0 Å². The van der Waals surface area contributed by atoms with E-state index in [4.69, 9.17) is 9.47 Å². The van der Waals surface area contributed by atoms with Crippen molar-refractivity contribution in [3.63, 3.8) is 0 Å². The second kappa shape index (κ2) is 6.56. The number of carbonyl (C=O) groups is 2. The van der Waals surface area contributed by atoms with E-state index >= 15 is 0 Å². The first kappa shape index (κ1) is 16.9. The zero-order chi connectivity index (χ0) is 16.2. The molecule has 6 nitrogen and oxygen atoms in total. The number of esters is 1. The number of hydrogen-bond donors (Lipinski definition) is 1. The van der Waals surface area contributed by atoms with Crippen molar-refractivity contribution in [1.29, 1.82) is 0 Å². The van der Waals surface area contributed by atoms with Crippen molar-refractivity contribution in [2.75, 3.05) is 13.7 Å². The summed E-state index contributed by atoms with van der Waals surface area (Å²) in [4.78, 5) is 27.7. The topological polar surface area (TPSA) is 85.7 Å². The Morgan fingerprint density at radius 2 is 2.00 bits per heavy atom. The highest BCUT2D eigenvalue weighted by Crippen LogP contribution is 2.30. The largest absolute Gasteiger partial charge is 0.496 e. The Hall–Kier alpha value is -2.11. The maximum absolute atomic E-state index is 12.0. The van der Waals surface area contributed by atoms with E-state index in [0.29, 0.717) is 11.4 Å². The second-order valence-electron chi connectivity index (χ2n) is 5.08. The van der Waals surface area contributed by atoms with Gasteiger partial charge in [-0.25, -0.2) is 0 Å². The number of nitrogens with zero attached hydrogens (tertiary/aromatic N) is 1. The monoisotopic (exact) mass is 295 g/mol. The lowest BCUT2D eigenvalue weighted by Crippen LogP contribution is -2.40. The van der Waals surface area contributed by atoms with Crippen molar-refractivity contribution in [3.8, 4) is 5.75 Å². The van der Waals surface area contributed by atoms with Crippen LogP contribution in [0.15, 0.2) is 6.20 Å². The minimum atomic E-state index is -1.67. The third-order valence-electron chi connectivity index (χ3n) is 3.47. The van der Waals surface area contributed by atoms with Gasteiger partial charge < -0.3 is 14.6 Å². The van der Waals surface area contributed by atoms with Crippen LogP contribution < -0.4 is 4.74 Å². The third kappa shape index (κ3) is 3.32. The van der Waals surface area contributed by atoms with Gasteiger partial charge in [-0.3, -0.25) is 14.6 Å². The average molecular weight is 295 g/mol. The fraction of sp³-hybridized carbons (Fsp3) is 0.533. The molecule has 0 aromatic carbocycles. The average Bonchev–Trinajstić information content (AvgIpc) is 2.42. The fourth-order valence-corrected chi connectivity index (χ4v) is 2.11. The summed E-state index contributed by atoms with van der Waals surface area (Å²) in [6.45, 7) is 6.76. The van der Waals surface area contributed by atoms with E-state index in [1.54, 1.807) is 27.2 Å². The number of carboxylic acid groups (broad SMARTS) is 1. The Balaban J connectivity index is 3.23. The number of aryl methyl sites for hydroxylation is 1. The lowest BCUT2D eigenvalue weighted by molar-refractivity contribution is -0.167. The van der Waals surface area contributed by atoms with Gasteiger partial charge in [0.1, 0.15) is 5.75 Å². The van der Waals surface area contributed by atoms with Crippen molar-refractivity contribution < 1.29 is 24.2 Å². The molecule has 1 unspecified atom stereocenters. The molecule has 116 valence electrons. The van der Waals surface area contributed by atoms with Crippen LogP contribution in [0.1, 0.15) is 30.7 Å². The lowest BCUT2D eigenvalue weighted by atomic mass is 9.84. The lowest BCUT2D eigenvalue weighted by Gasteiger charge is -2.23. The van der Waals surface area contributed by atoms with Crippen LogP contribution in [0.5, 0.6) is 5.75 Å². The third-order valence-corrected chi connectivity index (χ3v) is 3.47. The molecule has 21 heavy (non-hydrogen) atoms. The molecule has 0 bridgehead atoms. The van der Waals surface area contributed by atoms with Crippen LogP contribution in [-0.2, 0) is 20.7 Å². The van der Waals surface area contributed by atoms with Crippen LogP contribution in [0.2, 0.25) is 0 Å². The van der Waals surface area contributed by atoms with E-state index in [0.717, 1.165) is 11.1 Å². The van der Waals surface area contributed by atoms with Gasteiger partial charge in [0.2, 0.25) is 0 Å². The highest BCUT2D eigenvalue weighted by atomic mass is 16.5. The van der Waals surface area contributed by atoms with E-state index in [2.05, 4.69) is 4.98 Å². The molecule has 1 aromatic heterocycles. The van der Waals surface area contributed by atoms with E-state index in [1.807, 2.05) is 6.92 Å². The molecule has 0 saturated heterocycles. The molecule has 0 radical (unpaired) electrons. The molecule has 1 heterocycles. The van der Waals surface area contributed by atoms with Gasteiger partial charge in [0.15, 0.2) is 5.41 Å². The molecule has 0 aliphatic carbocycles. The summed E-state index contributed by atoms with van der Waals surface area (Å²) in [6.07, 6.45) is 1.55. The molecular formula is C15H21NO5. The smallest absolute Gasteiger partial charge is 0.323 e. The standard InChI is InChI=1S/C15H21NO5/c1-6-21-14(19)15(4,13(17)18)7-11-10(3)12(20-5)9(2)8-16-11/h8H,6-7H2,1-5H3,(H,17,18). The van der Waals surface area contributed by atoms with Gasteiger partial charge in [0.05, 0.1) is 13.7 Å². The maximum atomic E-state index is 12.0. The van der Waals surface area contributed by atoms with Gasteiger partial charge >= 0.3 is 11.9 Å². The highest BCUT2D eigenvalue weighted by molar-refractivity contribution is 5.99. The Bertz CT molecular complexity index is 555. The summed E-state index contributed by atoms with van der Waals surface area (Å²) in [7, 11) is 1.54. The maximum Gasteiger partial charge on any atom is 0.323 e. The summed E-state index contributed by atoms with van der Waals surface area (Å²) in [6, 6.07) is 0. The van der Waals surface area contributed by atoms with Crippen LogP contribution in [0.25, 0.3) is 0 Å². The van der Waals surface area contributed by atoms with E-state index < -0.39 is 17.4 Å². The predicted molar refractivity (Wildman–Crippen MR) is 76.3 cm³/mol. The Morgan fingerprint density at radius 3 is 2.48 bits per heavy atom. The van der Waals surface area contributed by atoms with E-state index in [-0.39, 0.29) is 13.0 Å². The molecule has 6 heteroatoms. The quantitative estimate of drug-likeness (QED) is 0.637. The molecule has 0 saturated carbocycles. The number of aromatic nitrogens is 1. The first-order valence-electron chi connectivity index (χ1n) is 6.67. The molecule has 0 aliphatic rings. The zero-order valence-corrected chi connectivity index (χ0v) is 13.0. The normalized spacial score (nSPS) is 13.4. The van der Waals surface area contributed by atoms with Crippen molar-refractivity contribution in [2.45, 2.75) is 34.1 Å². The number of carbonyl (C=O) groups excluding carboxylic acids is 1. The van der Waals surface area contributed by atoms with Crippen molar-refractivity contribution in [1.82, 2.24) is 4.98 Å². The van der Waals surface area contributed by atoms with Crippen LogP contribution in [0.4, 0.5) is 0 Å². The molecule has 0 spiro atoms. The van der Waals surface area contributed by atoms with Gasteiger partial charge in [0, 0.05) is 29.4 Å². The zero-order valence-electron chi connectivity index (χ0n) is 13.0. The number of methoxy groups -OCH3 is 1. The van der Waals surface area contributed by atoms with Gasteiger partial charge in [-0.1, -0.05) is 0 Å². The van der Waals surface area contributed by atoms with Crippen LogP contribution in [0, 0.1) is 19.3 Å². The molecule has 1 N–H and O–H groups in total. The van der Waals surface area contributed by atoms with Crippen LogP contribution in [0.3, 0.4) is 0 Å². The fourth-order valence-electron chi connectivity index (χ4n) is 2.11. The SMILES string of the molecule is CCOC(=O)C(C)(Cc1ncc(C)c(OC)c1C)C(=O)O. The van der Waals surface area contributed by atoms with E-state index in [9.17, 15) is 14.7 Å². The minimum Gasteiger partial charge on any atom is -0.496 e. The van der Waals surface area contributed by atoms with Gasteiger partial charge in [-0.2, -0.15) is 0 Å². The molecule has 1 rings (SSSR count). The van der Waals surface area contributed by atoms with Crippen LogP contribution >= 0.6 is 0 Å². The summed E-state index contributed by atoms with van der Waals surface area (Å²) in [5.41, 5.74) is 0.421. The summed E-state index contributed by atoms with van der Waals surface area (Å²) < 4.78 is 10.2. The number of rotatable bonds is 6. The van der Waals surface area contributed by atoms with Gasteiger partial charge in [-0.05, 0) is 27.7 Å². The molecule has 0 aliphatic heterocycles. The highest BCUT2D eigenvalue weighted by Gasteiger charge is 2.44. The first-order chi connectivity index (χ1) is 9.77. The van der Waals surface area contributed by atoms with Crippen molar-refractivity contribution in [2.24, 2.45) is 5.41 Å². The summed E-state index contributed by atoms with van der Waals surface area (Å²) >= 11 is 0. The summed E-state index contributed by atoms with van der Waals surface area (Å²) in [5.74, 6) is -1.35. The molecule has 1 aromatic rings. The Labute approximate surface area is 124 Å². The number of ether oxygens (including phenoxy) is 2. The second-order valence-corrected chi connectivity index (χ2v) is 5.08. The van der Waals surface area contributed by atoms with Gasteiger partial charge in [0.25, 0.3) is 0 Å². The van der Waals surface area contributed by atoms with E-state index in [1.165, 1.54) is 6.92 Å². The number of carboxylic acids is 1. The summed E-state index contributed by atoms with van der Waals surface area (Å²) in [5, 5.41) is 9.40. The molecule has 0 amide bonds. The predicted octanol–water partition coefficient (Wildman–Crippen LogP) is 1.90.